The number of carbonyl (C=O) groups excluding carboxylic acids is 1. The van der Waals surface area contributed by atoms with Crippen molar-refractivity contribution in [1.29, 1.82) is 0 Å². The molecule has 1 rings (SSSR count). The zero-order valence-corrected chi connectivity index (χ0v) is 5.47. The predicted octanol–water partition coefficient (Wildman–Crippen LogP) is 0.738. The second kappa shape index (κ2) is 2.97. The summed E-state index contributed by atoms with van der Waals surface area (Å²) in [5.74, 6) is 0.225. The third kappa shape index (κ3) is 1.52. The van der Waals surface area contributed by atoms with E-state index in [1.54, 1.807) is 0 Å². The average Bonchev–Trinajstić information content (AvgIpc) is 1.89. The van der Waals surface area contributed by atoms with E-state index >= 15 is 0 Å². The van der Waals surface area contributed by atoms with Gasteiger partial charge in [-0.15, -0.1) is 0 Å². The van der Waals surface area contributed by atoms with E-state index in [4.69, 9.17) is 5.11 Å². The Balaban J connectivity index is 2.39. The molecular formula is C7H12O2. The minimum Gasteiger partial charge on any atom is -0.396 e. The molecule has 0 aromatic heterocycles. The van der Waals surface area contributed by atoms with Crippen LogP contribution < -0.4 is 0 Å². The van der Waals surface area contributed by atoms with Crippen molar-refractivity contribution in [3.63, 3.8) is 0 Å². The van der Waals surface area contributed by atoms with Gasteiger partial charge in [0.2, 0.25) is 0 Å². The second-order valence-corrected chi connectivity index (χ2v) is 2.59. The van der Waals surface area contributed by atoms with E-state index in [-0.39, 0.29) is 18.3 Å². The summed E-state index contributed by atoms with van der Waals surface area (Å²) in [6.07, 6.45) is 3.72. The minimum atomic E-state index is -0.0289. The Labute approximate surface area is 54.9 Å². The summed E-state index contributed by atoms with van der Waals surface area (Å²) in [7, 11) is 0. The molecule has 2 heteroatoms. The van der Waals surface area contributed by atoms with Crippen molar-refractivity contribution >= 4 is 5.78 Å². The number of aliphatic hydroxyl groups excluding tert-OH is 1. The molecule has 1 fully saturated rings. The first kappa shape index (κ1) is 6.75. The summed E-state index contributed by atoms with van der Waals surface area (Å²) in [6, 6.07) is 0. The van der Waals surface area contributed by atoms with Gasteiger partial charge in [0, 0.05) is 12.3 Å². The summed E-state index contributed by atoms with van der Waals surface area (Å²) in [4.78, 5) is 10.9. The predicted molar refractivity (Wildman–Crippen MR) is 34.1 cm³/mol. The molecule has 1 aliphatic rings. The summed E-state index contributed by atoms with van der Waals surface area (Å²) >= 11 is 0. The summed E-state index contributed by atoms with van der Waals surface area (Å²) in [5.41, 5.74) is 0. The van der Waals surface area contributed by atoms with Crippen LogP contribution in [-0.4, -0.2) is 17.5 Å². The number of aliphatic hydroxyl groups is 1. The standard InChI is InChI=1S/C7H12O2/c8-5-6-3-1-2-4-7(6)9/h6,8H,1-5H2/t6-/m1/s1. The maximum absolute atomic E-state index is 10.9. The van der Waals surface area contributed by atoms with Gasteiger partial charge >= 0.3 is 0 Å². The molecule has 0 heterocycles. The van der Waals surface area contributed by atoms with Gasteiger partial charge in [-0.2, -0.15) is 0 Å². The first-order valence-corrected chi connectivity index (χ1v) is 3.48. The van der Waals surface area contributed by atoms with Crippen LogP contribution in [0.4, 0.5) is 0 Å². The van der Waals surface area contributed by atoms with Gasteiger partial charge in [0.25, 0.3) is 0 Å². The highest BCUT2D eigenvalue weighted by Gasteiger charge is 2.20. The van der Waals surface area contributed by atoms with E-state index in [2.05, 4.69) is 0 Å². The van der Waals surface area contributed by atoms with Crippen molar-refractivity contribution < 1.29 is 9.90 Å². The largest absolute Gasteiger partial charge is 0.396 e. The van der Waals surface area contributed by atoms with E-state index in [0.29, 0.717) is 6.42 Å². The van der Waals surface area contributed by atoms with Crippen LogP contribution in [-0.2, 0) is 4.79 Å². The van der Waals surface area contributed by atoms with Gasteiger partial charge in [-0.05, 0) is 12.8 Å². The first-order chi connectivity index (χ1) is 4.34. The number of hydrogen-bond acceptors (Lipinski definition) is 2. The summed E-state index contributed by atoms with van der Waals surface area (Å²) in [5, 5.41) is 8.64. The maximum Gasteiger partial charge on any atom is 0.138 e. The van der Waals surface area contributed by atoms with Crippen LogP contribution in [0.1, 0.15) is 25.7 Å². The lowest BCUT2D eigenvalue weighted by atomic mass is 9.89. The average molecular weight is 128 g/mol. The fourth-order valence-electron chi connectivity index (χ4n) is 1.25. The number of ketones is 1. The topological polar surface area (TPSA) is 37.3 Å². The van der Waals surface area contributed by atoms with E-state index < -0.39 is 0 Å². The van der Waals surface area contributed by atoms with E-state index in [1.807, 2.05) is 0 Å². The number of hydrogen-bond donors (Lipinski definition) is 1. The molecule has 0 spiro atoms. The molecule has 0 radical (unpaired) electrons. The van der Waals surface area contributed by atoms with Crippen molar-refractivity contribution in [1.82, 2.24) is 0 Å². The quantitative estimate of drug-likeness (QED) is 0.565. The van der Waals surface area contributed by atoms with Crippen molar-refractivity contribution in [3.05, 3.63) is 0 Å². The molecule has 0 unspecified atom stereocenters. The Morgan fingerprint density at radius 1 is 1.56 bits per heavy atom. The molecule has 9 heavy (non-hydrogen) atoms. The SMILES string of the molecule is O=C1CCCC[C@@H]1CO. The Bertz CT molecular complexity index is 109. The lowest BCUT2D eigenvalue weighted by Gasteiger charge is -2.17. The third-order valence-corrected chi connectivity index (χ3v) is 1.90. The molecule has 1 aliphatic carbocycles. The van der Waals surface area contributed by atoms with Crippen LogP contribution in [0.15, 0.2) is 0 Å². The number of Topliss-reactive ketones (excluding diaryl/α,β-unsaturated/α-hetero) is 1. The summed E-state index contributed by atoms with van der Waals surface area (Å²) in [6.45, 7) is 0.0544. The van der Waals surface area contributed by atoms with Gasteiger partial charge in [0.15, 0.2) is 0 Å². The molecule has 1 atom stereocenters. The van der Waals surface area contributed by atoms with Crippen molar-refractivity contribution in [2.75, 3.05) is 6.61 Å². The molecule has 0 aromatic rings. The van der Waals surface area contributed by atoms with Crippen LogP contribution in [0.25, 0.3) is 0 Å². The Morgan fingerprint density at radius 3 is 2.78 bits per heavy atom. The molecule has 0 bridgehead atoms. The highest BCUT2D eigenvalue weighted by molar-refractivity contribution is 5.81. The normalized spacial score (nSPS) is 28.6. The number of carbonyl (C=O) groups is 1. The third-order valence-electron chi connectivity index (χ3n) is 1.90. The van der Waals surface area contributed by atoms with Gasteiger partial charge in [-0.3, -0.25) is 4.79 Å². The van der Waals surface area contributed by atoms with E-state index in [1.165, 1.54) is 0 Å². The van der Waals surface area contributed by atoms with Crippen LogP contribution in [0, 0.1) is 5.92 Å². The number of rotatable bonds is 1. The van der Waals surface area contributed by atoms with Gasteiger partial charge in [0.1, 0.15) is 5.78 Å². The van der Waals surface area contributed by atoms with Gasteiger partial charge in [-0.1, -0.05) is 6.42 Å². The lowest BCUT2D eigenvalue weighted by molar-refractivity contribution is -0.125. The van der Waals surface area contributed by atoms with Gasteiger partial charge in [-0.25, -0.2) is 0 Å². The second-order valence-electron chi connectivity index (χ2n) is 2.59. The van der Waals surface area contributed by atoms with Crippen LogP contribution in [0.2, 0.25) is 0 Å². The van der Waals surface area contributed by atoms with Crippen molar-refractivity contribution in [3.8, 4) is 0 Å². The van der Waals surface area contributed by atoms with Crippen molar-refractivity contribution in [2.45, 2.75) is 25.7 Å². The molecule has 0 saturated heterocycles. The van der Waals surface area contributed by atoms with E-state index in [9.17, 15) is 4.79 Å². The molecule has 1 N–H and O–H groups in total. The van der Waals surface area contributed by atoms with Crippen molar-refractivity contribution in [2.24, 2.45) is 5.92 Å². The zero-order chi connectivity index (χ0) is 6.69. The zero-order valence-electron chi connectivity index (χ0n) is 5.47. The lowest BCUT2D eigenvalue weighted by Crippen LogP contribution is -2.21. The Morgan fingerprint density at radius 2 is 2.33 bits per heavy atom. The Kier molecular flexibility index (Phi) is 2.22. The Hall–Kier alpha value is -0.370. The van der Waals surface area contributed by atoms with Gasteiger partial charge in [0.05, 0.1) is 6.61 Å². The smallest absolute Gasteiger partial charge is 0.138 e. The maximum atomic E-state index is 10.9. The highest BCUT2D eigenvalue weighted by atomic mass is 16.3. The molecule has 0 aromatic carbocycles. The minimum absolute atomic E-state index is 0.0289. The monoisotopic (exact) mass is 128 g/mol. The van der Waals surface area contributed by atoms with Crippen LogP contribution in [0.5, 0.6) is 0 Å². The molecule has 0 aliphatic heterocycles. The van der Waals surface area contributed by atoms with Crippen LogP contribution >= 0.6 is 0 Å². The van der Waals surface area contributed by atoms with E-state index in [0.717, 1.165) is 19.3 Å². The summed E-state index contributed by atoms with van der Waals surface area (Å²) < 4.78 is 0. The molecule has 1 saturated carbocycles. The highest BCUT2D eigenvalue weighted by Crippen LogP contribution is 2.19. The van der Waals surface area contributed by atoms with Crippen LogP contribution in [0.3, 0.4) is 0 Å². The first-order valence-electron chi connectivity index (χ1n) is 3.48. The molecular weight excluding hydrogens is 116 g/mol. The fraction of sp³-hybridized carbons (Fsp3) is 0.857. The van der Waals surface area contributed by atoms with Gasteiger partial charge < -0.3 is 5.11 Å². The molecule has 2 nitrogen and oxygen atoms in total. The molecule has 52 valence electrons. The molecule has 0 amide bonds. The fourth-order valence-corrected chi connectivity index (χ4v) is 1.25.